The van der Waals surface area contributed by atoms with E-state index < -0.39 is 11.5 Å². The number of ether oxygens (including phenoxy) is 1. The Balaban J connectivity index is 4.19. The fourth-order valence-electron chi connectivity index (χ4n) is 1.47. The van der Waals surface area contributed by atoms with E-state index in [0.29, 0.717) is 32.3 Å². The Morgan fingerprint density at radius 3 is 2.50 bits per heavy atom. The third-order valence-electron chi connectivity index (χ3n) is 2.39. The van der Waals surface area contributed by atoms with Crippen LogP contribution in [0.15, 0.2) is 0 Å². The van der Waals surface area contributed by atoms with Gasteiger partial charge in [0.15, 0.2) is 0 Å². The first-order valence-electron chi connectivity index (χ1n) is 5.49. The molecule has 1 unspecified atom stereocenters. The summed E-state index contributed by atoms with van der Waals surface area (Å²) in [6.07, 6.45) is 2.03. The molecular formula is C11H21NO4. The Labute approximate surface area is 96.2 Å². The van der Waals surface area contributed by atoms with Gasteiger partial charge in [-0.3, -0.25) is 4.79 Å². The largest absolute Gasteiger partial charge is 0.480 e. The summed E-state index contributed by atoms with van der Waals surface area (Å²) >= 11 is 0. The Morgan fingerprint density at radius 2 is 2.06 bits per heavy atom. The van der Waals surface area contributed by atoms with Crippen molar-refractivity contribution in [2.45, 2.75) is 45.1 Å². The molecule has 0 aromatic carbocycles. The first kappa shape index (κ1) is 14.9. The van der Waals surface area contributed by atoms with Crippen molar-refractivity contribution in [1.82, 2.24) is 5.32 Å². The van der Waals surface area contributed by atoms with Gasteiger partial charge in [0, 0.05) is 20.1 Å². The number of hydrogen-bond acceptors (Lipinski definition) is 3. The minimum absolute atomic E-state index is 0.240. The molecule has 2 N–H and O–H groups in total. The number of carbonyl (C=O) groups excluding carboxylic acids is 1. The van der Waals surface area contributed by atoms with Gasteiger partial charge in [-0.1, -0.05) is 13.3 Å². The smallest absolute Gasteiger partial charge is 0.329 e. The highest BCUT2D eigenvalue weighted by Crippen LogP contribution is 2.13. The van der Waals surface area contributed by atoms with Crippen molar-refractivity contribution in [3.63, 3.8) is 0 Å². The zero-order valence-electron chi connectivity index (χ0n) is 10.2. The second-order valence-corrected chi connectivity index (χ2v) is 4.03. The maximum Gasteiger partial charge on any atom is 0.329 e. The number of hydrogen-bond donors (Lipinski definition) is 2. The van der Waals surface area contributed by atoms with Gasteiger partial charge in [0.1, 0.15) is 5.54 Å². The van der Waals surface area contributed by atoms with E-state index in [9.17, 15) is 9.59 Å². The summed E-state index contributed by atoms with van der Waals surface area (Å²) in [6, 6.07) is 0. The molecule has 0 heterocycles. The zero-order chi connectivity index (χ0) is 12.6. The lowest BCUT2D eigenvalue weighted by atomic mass is 9.96. The van der Waals surface area contributed by atoms with Crippen molar-refractivity contribution in [2.24, 2.45) is 0 Å². The summed E-state index contributed by atoms with van der Waals surface area (Å²) in [4.78, 5) is 22.5. The third kappa shape index (κ3) is 5.11. The van der Waals surface area contributed by atoms with Gasteiger partial charge in [-0.05, 0) is 19.8 Å². The van der Waals surface area contributed by atoms with Gasteiger partial charge in [-0.25, -0.2) is 4.79 Å². The van der Waals surface area contributed by atoms with Crippen LogP contribution in [0.1, 0.15) is 39.5 Å². The van der Waals surface area contributed by atoms with E-state index in [1.807, 2.05) is 6.92 Å². The molecule has 0 aliphatic heterocycles. The van der Waals surface area contributed by atoms with Crippen LogP contribution in [-0.4, -0.2) is 36.2 Å². The molecule has 0 bridgehead atoms. The molecule has 0 saturated carbocycles. The minimum Gasteiger partial charge on any atom is -0.480 e. The van der Waals surface area contributed by atoms with Gasteiger partial charge in [0.2, 0.25) is 5.91 Å². The fraction of sp³-hybridized carbons (Fsp3) is 0.818. The maximum absolute atomic E-state index is 11.5. The van der Waals surface area contributed by atoms with Crippen molar-refractivity contribution < 1.29 is 19.4 Å². The average molecular weight is 231 g/mol. The van der Waals surface area contributed by atoms with Gasteiger partial charge >= 0.3 is 5.97 Å². The van der Waals surface area contributed by atoms with Gasteiger partial charge in [-0.2, -0.15) is 0 Å². The number of methoxy groups -OCH3 is 1. The molecule has 1 atom stereocenters. The molecule has 0 aliphatic carbocycles. The molecular weight excluding hydrogens is 210 g/mol. The molecule has 0 spiro atoms. The van der Waals surface area contributed by atoms with E-state index in [1.165, 1.54) is 6.92 Å². The molecule has 0 aliphatic rings. The minimum atomic E-state index is -1.15. The fourth-order valence-corrected chi connectivity index (χ4v) is 1.47. The van der Waals surface area contributed by atoms with Crippen molar-refractivity contribution in [3.8, 4) is 0 Å². The van der Waals surface area contributed by atoms with Crippen molar-refractivity contribution in [3.05, 3.63) is 0 Å². The molecule has 1 amide bonds. The molecule has 5 heteroatoms. The summed E-state index contributed by atoms with van der Waals surface area (Å²) < 4.78 is 4.82. The number of carboxylic acid groups (broad SMARTS) is 1. The Bertz CT molecular complexity index is 242. The van der Waals surface area contributed by atoms with Crippen LogP contribution in [0.5, 0.6) is 0 Å². The maximum atomic E-state index is 11.5. The molecule has 16 heavy (non-hydrogen) atoms. The molecule has 0 aromatic rings. The number of amides is 1. The second kappa shape index (κ2) is 7.22. The predicted molar refractivity (Wildman–Crippen MR) is 60.2 cm³/mol. The topological polar surface area (TPSA) is 75.6 Å². The lowest BCUT2D eigenvalue weighted by Gasteiger charge is -2.25. The zero-order valence-corrected chi connectivity index (χ0v) is 10.2. The van der Waals surface area contributed by atoms with E-state index in [0.717, 1.165) is 0 Å². The molecule has 0 fully saturated rings. The Hall–Kier alpha value is -1.10. The third-order valence-corrected chi connectivity index (χ3v) is 2.39. The van der Waals surface area contributed by atoms with Gasteiger partial charge < -0.3 is 15.2 Å². The molecule has 94 valence electrons. The van der Waals surface area contributed by atoms with Crippen LogP contribution in [0.25, 0.3) is 0 Å². The molecule has 0 aromatic heterocycles. The van der Waals surface area contributed by atoms with Crippen LogP contribution in [0.2, 0.25) is 0 Å². The van der Waals surface area contributed by atoms with Crippen LogP contribution in [0.3, 0.4) is 0 Å². The number of carbonyl (C=O) groups is 2. The average Bonchev–Trinajstić information content (AvgIpc) is 2.18. The number of rotatable bonds is 8. The van der Waals surface area contributed by atoms with Crippen LogP contribution in [0, 0.1) is 0 Å². The Morgan fingerprint density at radius 1 is 1.44 bits per heavy atom. The number of nitrogens with one attached hydrogen (secondary N) is 1. The second-order valence-electron chi connectivity index (χ2n) is 4.03. The summed E-state index contributed by atoms with van der Waals surface area (Å²) in [5, 5.41) is 11.6. The number of aliphatic carboxylic acids is 1. The van der Waals surface area contributed by atoms with E-state index in [-0.39, 0.29) is 5.91 Å². The Kier molecular flexibility index (Phi) is 6.72. The summed E-state index contributed by atoms with van der Waals surface area (Å²) in [5.74, 6) is -1.23. The first-order valence-corrected chi connectivity index (χ1v) is 5.49. The van der Waals surface area contributed by atoms with Crippen molar-refractivity contribution in [1.29, 1.82) is 0 Å². The standard InChI is InChI=1S/C11H21NO4/c1-4-7-11(2,10(14)15)12-9(13)6-5-8-16-3/h4-8H2,1-3H3,(H,12,13)(H,14,15). The molecule has 0 radical (unpaired) electrons. The lowest BCUT2D eigenvalue weighted by molar-refractivity contribution is -0.147. The van der Waals surface area contributed by atoms with Gasteiger partial charge in [-0.15, -0.1) is 0 Å². The van der Waals surface area contributed by atoms with Crippen LogP contribution >= 0.6 is 0 Å². The van der Waals surface area contributed by atoms with Gasteiger partial charge in [0.25, 0.3) is 0 Å². The molecule has 5 nitrogen and oxygen atoms in total. The van der Waals surface area contributed by atoms with Crippen LogP contribution in [0.4, 0.5) is 0 Å². The quantitative estimate of drug-likeness (QED) is 0.615. The lowest BCUT2D eigenvalue weighted by Crippen LogP contribution is -2.52. The normalized spacial score (nSPS) is 14.2. The predicted octanol–water partition coefficient (Wildman–Crippen LogP) is 1.17. The highest BCUT2D eigenvalue weighted by atomic mass is 16.5. The van der Waals surface area contributed by atoms with Gasteiger partial charge in [0.05, 0.1) is 0 Å². The van der Waals surface area contributed by atoms with Crippen LogP contribution in [-0.2, 0) is 14.3 Å². The van der Waals surface area contributed by atoms with E-state index in [4.69, 9.17) is 9.84 Å². The number of carboxylic acids is 1. The first-order chi connectivity index (χ1) is 7.46. The summed E-state index contributed by atoms with van der Waals surface area (Å²) in [6.45, 7) is 3.93. The summed E-state index contributed by atoms with van der Waals surface area (Å²) in [7, 11) is 1.57. The molecule has 0 saturated heterocycles. The van der Waals surface area contributed by atoms with Crippen molar-refractivity contribution in [2.75, 3.05) is 13.7 Å². The highest BCUT2D eigenvalue weighted by molar-refractivity contribution is 5.86. The van der Waals surface area contributed by atoms with E-state index in [1.54, 1.807) is 7.11 Å². The highest BCUT2D eigenvalue weighted by Gasteiger charge is 2.33. The van der Waals surface area contributed by atoms with E-state index in [2.05, 4.69) is 5.32 Å². The monoisotopic (exact) mass is 231 g/mol. The molecule has 0 rings (SSSR count). The van der Waals surface area contributed by atoms with E-state index >= 15 is 0 Å². The SMILES string of the molecule is CCCC(C)(NC(=O)CCCOC)C(=O)O. The van der Waals surface area contributed by atoms with Crippen LogP contribution < -0.4 is 5.32 Å². The van der Waals surface area contributed by atoms with Crippen molar-refractivity contribution >= 4 is 11.9 Å². The summed E-state index contributed by atoms with van der Waals surface area (Å²) in [5.41, 5.74) is -1.15.